The van der Waals surface area contributed by atoms with E-state index in [9.17, 15) is 0 Å². The predicted octanol–water partition coefficient (Wildman–Crippen LogP) is 14.8. The van der Waals surface area contributed by atoms with E-state index in [1.807, 2.05) is 0 Å². The summed E-state index contributed by atoms with van der Waals surface area (Å²) in [5.74, 6) is 0. The Morgan fingerprint density at radius 2 is 0.786 bits per heavy atom. The summed E-state index contributed by atoms with van der Waals surface area (Å²) in [6.07, 6.45) is 2.36. The van der Waals surface area contributed by atoms with Gasteiger partial charge in [-0.2, -0.15) is 0 Å². The van der Waals surface area contributed by atoms with Crippen LogP contribution in [0.2, 0.25) is 0 Å². The van der Waals surface area contributed by atoms with Gasteiger partial charge in [0.25, 0.3) is 0 Å². The number of fused-ring (bicyclic) bond motifs is 17. The van der Waals surface area contributed by atoms with Gasteiger partial charge >= 0.3 is 0 Å². The third kappa shape index (κ3) is 4.17. The molecule has 0 unspecified atom stereocenters. The van der Waals surface area contributed by atoms with E-state index in [1.165, 1.54) is 122 Å². The fraction of sp³-hybridized carbons (Fsp3) is 0.148. The Kier molecular flexibility index (Phi) is 6.33. The Morgan fingerprint density at radius 3 is 1.39 bits per heavy atom. The zero-order valence-electron chi connectivity index (χ0n) is 32.3. The molecule has 1 aliphatic carbocycles. The molecule has 0 saturated carbocycles. The van der Waals surface area contributed by atoms with Crippen LogP contribution in [0.3, 0.4) is 0 Å². The average Bonchev–Trinajstić information content (AvgIpc) is 3.76. The van der Waals surface area contributed by atoms with Crippen LogP contribution in [-0.2, 0) is 10.8 Å². The van der Waals surface area contributed by atoms with E-state index in [0.717, 1.165) is 0 Å². The lowest BCUT2D eigenvalue weighted by Crippen LogP contribution is -2.33. The third-order valence-corrected chi connectivity index (χ3v) is 13.5. The van der Waals surface area contributed by atoms with Crippen LogP contribution in [0.15, 0.2) is 158 Å². The quantitative estimate of drug-likeness (QED) is 0.158. The molecule has 2 heterocycles. The second-order valence-electron chi connectivity index (χ2n) is 17.5. The maximum absolute atomic E-state index is 2.59. The van der Waals surface area contributed by atoms with Crippen molar-refractivity contribution in [1.82, 2.24) is 9.13 Å². The zero-order chi connectivity index (χ0) is 37.5. The SMILES string of the molecule is CC1(C)CCC(C)(C)c2cc3c(cc21)c1c2ccccc2c2c4ccccc4n(-c4ccc5c6ccccc6c6ccccc6c5c4)c2c1n3-c1ccccc1. The van der Waals surface area contributed by atoms with Crippen LogP contribution in [0, 0.1) is 0 Å². The first kappa shape index (κ1) is 31.9. The van der Waals surface area contributed by atoms with Crippen LogP contribution < -0.4 is 0 Å². The molecule has 11 aromatic rings. The molecule has 0 aliphatic heterocycles. The molecule has 2 nitrogen and oxygen atoms in total. The Labute approximate surface area is 326 Å². The topological polar surface area (TPSA) is 9.86 Å². The molecule has 0 fully saturated rings. The summed E-state index contributed by atoms with van der Waals surface area (Å²) in [6.45, 7) is 9.79. The lowest BCUT2D eigenvalue weighted by Gasteiger charge is -2.42. The molecule has 0 N–H and O–H groups in total. The van der Waals surface area contributed by atoms with Crippen molar-refractivity contribution in [2.45, 2.75) is 51.4 Å². The summed E-state index contributed by atoms with van der Waals surface area (Å²) in [5.41, 5.74) is 10.5. The maximum Gasteiger partial charge on any atom is 0.0795 e. The minimum Gasteiger partial charge on any atom is -0.307 e. The molecule has 2 aromatic heterocycles. The molecular weight excluding hydrogens is 677 g/mol. The summed E-state index contributed by atoms with van der Waals surface area (Å²) in [7, 11) is 0. The molecule has 0 radical (unpaired) electrons. The van der Waals surface area contributed by atoms with E-state index < -0.39 is 0 Å². The van der Waals surface area contributed by atoms with Gasteiger partial charge in [-0.3, -0.25) is 0 Å². The standard InChI is InChI=1S/C54H42N2/c1-53(2)28-29-54(3,4)46-32-48-44(31-45(46)53)50-41-23-13-12-22-40(41)49-42-24-14-15-25-47(42)56(51(49)52(50)55(48)33-16-6-5-7-17-33)34-26-27-39-37-20-9-8-18-35(37)36-19-10-11-21-38(36)43(39)30-34/h5-27,30-32H,28-29H2,1-4H3. The normalized spacial score (nSPS) is 15.3. The van der Waals surface area contributed by atoms with Crippen LogP contribution in [0.1, 0.15) is 51.7 Å². The molecule has 268 valence electrons. The van der Waals surface area contributed by atoms with Crippen LogP contribution in [0.5, 0.6) is 0 Å². The van der Waals surface area contributed by atoms with Gasteiger partial charge in [0.2, 0.25) is 0 Å². The highest BCUT2D eigenvalue weighted by Gasteiger charge is 2.38. The Bertz CT molecular complexity index is 3430. The van der Waals surface area contributed by atoms with Crippen molar-refractivity contribution >= 4 is 86.7 Å². The van der Waals surface area contributed by atoms with Crippen LogP contribution >= 0.6 is 0 Å². The highest BCUT2D eigenvalue weighted by molar-refractivity contribution is 6.36. The van der Waals surface area contributed by atoms with Crippen molar-refractivity contribution in [2.75, 3.05) is 0 Å². The van der Waals surface area contributed by atoms with Crippen molar-refractivity contribution in [3.05, 3.63) is 169 Å². The smallest absolute Gasteiger partial charge is 0.0795 e. The van der Waals surface area contributed by atoms with Gasteiger partial charge in [-0.05, 0) is 120 Å². The molecule has 0 spiro atoms. The predicted molar refractivity (Wildman–Crippen MR) is 240 cm³/mol. The summed E-state index contributed by atoms with van der Waals surface area (Å²) in [4.78, 5) is 0. The highest BCUT2D eigenvalue weighted by atomic mass is 15.0. The monoisotopic (exact) mass is 718 g/mol. The number of nitrogens with zero attached hydrogens (tertiary/aromatic N) is 2. The van der Waals surface area contributed by atoms with Gasteiger partial charge in [0, 0.05) is 32.9 Å². The van der Waals surface area contributed by atoms with E-state index in [2.05, 4.69) is 195 Å². The fourth-order valence-electron chi connectivity index (χ4n) is 10.6. The van der Waals surface area contributed by atoms with Gasteiger partial charge < -0.3 is 9.13 Å². The van der Waals surface area contributed by atoms with Gasteiger partial charge in [-0.15, -0.1) is 0 Å². The molecule has 56 heavy (non-hydrogen) atoms. The molecule has 0 bridgehead atoms. The van der Waals surface area contributed by atoms with Crippen molar-refractivity contribution in [3.63, 3.8) is 0 Å². The van der Waals surface area contributed by atoms with Gasteiger partial charge in [0.1, 0.15) is 0 Å². The molecule has 2 heteroatoms. The molecule has 0 amide bonds. The van der Waals surface area contributed by atoms with E-state index in [0.29, 0.717) is 0 Å². The highest BCUT2D eigenvalue weighted by Crippen LogP contribution is 2.52. The maximum atomic E-state index is 2.59. The van der Waals surface area contributed by atoms with Crippen LogP contribution in [0.25, 0.3) is 98.1 Å². The lowest BCUT2D eigenvalue weighted by atomic mass is 9.63. The minimum absolute atomic E-state index is 0.0847. The Hall–Kier alpha value is -6.38. The van der Waals surface area contributed by atoms with E-state index in [1.54, 1.807) is 0 Å². The first-order valence-electron chi connectivity index (χ1n) is 20.2. The van der Waals surface area contributed by atoms with Gasteiger partial charge in [-0.25, -0.2) is 0 Å². The summed E-state index contributed by atoms with van der Waals surface area (Å²) in [6, 6.07) is 59.4. The molecule has 9 aromatic carbocycles. The fourth-order valence-corrected chi connectivity index (χ4v) is 10.6. The van der Waals surface area contributed by atoms with Gasteiger partial charge in [0.15, 0.2) is 0 Å². The second kappa shape index (κ2) is 11.1. The Morgan fingerprint density at radius 1 is 0.339 bits per heavy atom. The number of rotatable bonds is 2. The summed E-state index contributed by atoms with van der Waals surface area (Å²) in [5, 5.41) is 15.6. The van der Waals surface area contributed by atoms with E-state index >= 15 is 0 Å². The largest absolute Gasteiger partial charge is 0.307 e. The van der Waals surface area contributed by atoms with E-state index in [4.69, 9.17) is 0 Å². The lowest BCUT2D eigenvalue weighted by molar-refractivity contribution is 0.332. The minimum atomic E-state index is 0.0847. The van der Waals surface area contributed by atoms with Gasteiger partial charge in [0.05, 0.1) is 22.1 Å². The average molecular weight is 719 g/mol. The number of hydrogen-bond donors (Lipinski definition) is 0. The number of hydrogen-bond acceptors (Lipinski definition) is 0. The number of aromatic nitrogens is 2. The van der Waals surface area contributed by atoms with Gasteiger partial charge in [-0.1, -0.05) is 143 Å². The Balaban J connectivity index is 1.34. The van der Waals surface area contributed by atoms with Crippen LogP contribution in [-0.4, -0.2) is 9.13 Å². The molecule has 1 aliphatic rings. The number of benzene rings is 9. The molecule has 12 rings (SSSR count). The first-order valence-corrected chi connectivity index (χ1v) is 20.2. The van der Waals surface area contributed by atoms with Crippen molar-refractivity contribution < 1.29 is 0 Å². The number of para-hydroxylation sites is 2. The second-order valence-corrected chi connectivity index (χ2v) is 17.5. The van der Waals surface area contributed by atoms with Crippen molar-refractivity contribution in [3.8, 4) is 11.4 Å². The molecule has 0 saturated heterocycles. The van der Waals surface area contributed by atoms with E-state index in [-0.39, 0.29) is 10.8 Å². The first-order chi connectivity index (χ1) is 27.3. The van der Waals surface area contributed by atoms with Crippen molar-refractivity contribution in [1.29, 1.82) is 0 Å². The summed E-state index contributed by atoms with van der Waals surface area (Å²) >= 11 is 0. The molecule has 0 atom stereocenters. The molecular formula is C54H42N2. The van der Waals surface area contributed by atoms with Crippen molar-refractivity contribution in [2.24, 2.45) is 0 Å². The third-order valence-electron chi connectivity index (χ3n) is 13.5. The zero-order valence-corrected chi connectivity index (χ0v) is 32.3. The summed E-state index contributed by atoms with van der Waals surface area (Å²) < 4.78 is 5.17. The van der Waals surface area contributed by atoms with Crippen LogP contribution in [0.4, 0.5) is 0 Å².